The van der Waals surface area contributed by atoms with Gasteiger partial charge in [0.05, 0.1) is 0 Å². The molecule has 0 rings (SSSR count). The van der Waals surface area contributed by atoms with Crippen molar-refractivity contribution in [2.75, 3.05) is 0 Å². The molecular weight excluding hydrogens is 284 g/mol. The summed E-state index contributed by atoms with van der Waals surface area (Å²) in [5, 5.41) is 5.46. The van der Waals surface area contributed by atoms with Crippen molar-refractivity contribution in [1.82, 2.24) is 0 Å². The van der Waals surface area contributed by atoms with E-state index in [2.05, 4.69) is 30.2 Å². The predicted octanol–water partition coefficient (Wildman–Crippen LogP) is 3.80. The van der Waals surface area contributed by atoms with Crippen molar-refractivity contribution in [3.63, 3.8) is 0 Å². The highest BCUT2D eigenvalue weighted by Gasteiger charge is 1.99. The summed E-state index contributed by atoms with van der Waals surface area (Å²) in [6.07, 6.45) is 8.78. The Morgan fingerprint density at radius 1 is 1.00 bits per heavy atom. The van der Waals surface area contributed by atoms with E-state index in [0.29, 0.717) is 0 Å². The Hall–Kier alpha value is -1.00. The summed E-state index contributed by atoms with van der Waals surface area (Å²) in [6.45, 7) is 11.9. The molecule has 0 aliphatic heterocycles. The van der Waals surface area contributed by atoms with Gasteiger partial charge in [0.15, 0.2) is 6.21 Å². The number of hydrogen-bond donors (Lipinski definition) is 3. The fourth-order valence-corrected chi connectivity index (χ4v) is 1.61. The topological polar surface area (TPSA) is 38.0 Å². The van der Waals surface area contributed by atoms with Crippen molar-refractivity contribution >= 4 is 37.7 Å². The quantitative estimate of drug-likeness (QED) is 0.392. The molecule has 0 spiro atoms. The van der Waals surface area contributed by atoms with Crippen LogP contribution in [0.25, 0.3) is 0 Å². The molecule has 0 aromatic heterocycles. The summed E-state index contributed by atoms with van der Waals surface area (Å²) in [5.74, 6) is 0. The average Bonchev–Trinajstić information content (AvgIpc) is 2.46. The van der Waals surface area contributed by atoms with Crippen LogP contribution in [0, 0.1) is 0 Å². The number of hydrogen-bond acceptors (Lipinski definition) is 3. The molecular formula is C16H27N2S2+. The normalized spacial score (nSPS) is 12.9. The van der Waals surface area contributed by atoms with Crippen molar-refractivity contribution in [3.8, 4) is 0 Å². The minimum absolute atomic E-state index is 0.726. The Morgan fingerprint density at radius 3 is 1.85 bits per heavy atom. The minimum Gasteiger partial charge on any atom is -0.263 e. The predicted molar refractivity (Wildman–Crippen MR) is 99.8 cm³/mol. The van der Waals surface area contributed by atoms with Crippen molar-refractivity contribution in [1.29, 1.82) is 0 Å². The first-order chi connectivity index (χ1) is 9.47. The Bertz CT molecular complexity index is 449. The zero-order valence-corrected chi connectivity index (χ0v) is 15.1. The fourth-order valence-electron chi connectivity index (χ4n) is 1.15. The molecule has 0 saturated carbocycles. The number of nitrogens with zero attached hydrogens (tertiary/aromatic N) is 1. The van der Waals surface area contributed by atoms with Crippen LogP contribution >= 0.6 is 25.3 Å². The number of nitrogens with two attached hydrogens (primary N) is 1. The first kappa shape index (κ1) is 21.3. The third-order valence-corrected chi connectivity index (χ3v) is 3.33. The molecule has 0 fully saturated rings. The van der Waals surface area contributed by atoms with Crippen LogP contribution in [0.3, 0.4) is 0 Å². The highest BCUT2D eigenvalue weighted by molar-refractivity contribution is 7.85. The summed E-state index contributed by atoms with van der Waals surface area (Å²) >= 11 is 8.77. The van der Waals surface area contributed by atoms with E-state index in [1.807, 2.05) is 53.7 Å². The van der Waals surface area contributed by atoms with Crippen molar-refractivity contribution in [2.45, 2.75) is 41.5 Å². The zero-order chi connectivity index (χ0) is 16.1. The molecule has 0 aromatic carbocycles. The van der Waals surface area contributed by atoms with E-state index in [1.165, 1.54) is 6.21 Å². The SMILES string of the molecule is C/C=C(/C=[NH2+])C(S)=CN=C/C(=C/C)C(S)=C(C)C.CC. The maximum Gasteiger partial charge on any atom is 0.168 e. The van der Waals surface area contributed by atoms with Crippen LogP contribution in [0.5, 0.6) is 0 Å². The molecule has 0 aliphatic rings. The average molecular weight is 312 g/mol. The Kier molecular flexibility index (Phi) is 13.9. The molecule has 0 saturated heterocycles. The van der Waals surface area contributed by atoms with Crippen LogP contribution in [-0.2, 0) is 0 Å². The summed E-state index contributed by atoms with van der Waals surface area (Å²) in [4.78, 5) is 5.90. The summed E-state index contributed by atoms with van der Waals surface area (Å²) in [6, 6.07) is 0. The van der Waals surface area contributed by atoms with E-state index in [-0.39, 0.29) is 0 Å². The lowest BCUT2D eigenvalue weighted by molar-refractivity contribution is -0.104. The molecule has 0 aliphatic carbocycles. The fraction of sp³-hybridized carbons (Fsp3) is 0.375. The van der Waals surface area contributed by atoms with Gasteiger partial charge in [-0.15, -0.1) is 25.3 Å². The molecule has 0 heterocycles. The van der Waals surface area contributed by atoms with E-state index < -0.39 is 0 Å². The van der Waals surface area contributed by atoms with Crippen LogP contribution in [0.2, 0.25) is 0 Å². The second kappa shape index (κ2) is 13.0. The van der Waals surface area contributed by atoms with Gasteiger partial charge in [-0.25, -0.2) is 0 Å². The molecule has 20 heavy (non-hydrogen) atoms. The van der Waals surface area contributed by atoms with Gasteiger partial charge in [-0.05, 0) is 27.7 Å². The summed E-state index contributed by atoms with van der Waals surface area (Å²) in [7, 11) is 0. The van der Waals surface area contributed by atoms with Gasteiger partial charge in [0.25, 0.3) is 0 Å². The van der Waals surface area contributed by atoms with E-state index in [0.717, 1.165) is 26.5 Å². The van der Waals surface area contributed by atoms with Gasteiger partial charge in [0.2, 0.25) is 0 Å². The standard InChI is InChI=1S/C14H20N2S2.C2H6/c1-5-11(7-15)13(17)9-16-8-12(6-2)14(18)10(3)4;1-2/h5-9,15,17-18H,1-4H3;1-2H3/p+1/b11-5-,12-6-,13-9?,15-7?,16-8?;. The van der Waals surface area contributed by atoms with Crippen LogP contribution < -0.4 is 5.41 Å². The van der Waals surface area contributed by atoms with E-state index in [4.69, 9.17) is 5.41 Å². The van der Waals surface area contributed by atoms with Gasteiger partial charge < -0.3 is 0 Å². The van der Waals surface area contributed by atoms with Crippen molar-refractivity contribution < 1.29 is 5.41 Å². The first-order valence-corrected chi connectivity index (χ1v) is 7.54. The van der Waals surface area contributed by atoms with E-state index in [1.54, 1.807) is 12.4 Å². The Morgan fingerprint density at radius 2 is 1.50 bits per heavy atom. The van der Waals surface area contributed by atoms with Crippen LogP contribution in [0.15, 0.2) is 49.9 Å². The smallest absolute Gasteiger partial charge is 0.168 e. The lowest BCUT2D eigenvalue weighted by atomic mass is 10.2. The Balaban J connectivity index is 0. The third-order valence-electron chi connectivity index (χ3n) is 2.25. The van der Waals surface area contributed by atoms with Crippen LogP contribution in [-0.4, -0.2) is 12.4 Å². The van der Waals surface area contributed by atoms with Crippen LogP contribution in [0.4, 0.5) is 0 Å². The molecule has 0 amide bonds. The van der Waals surface area contributed by atoms with Gasteiger partial charge in [-0.2, -0.15) is 0 Å². The van der Waals surface area contributed by atoms with Crippen molar-refractivity contribution in [3.05, 3.63) is 44.9 Å². The van der Waals surface area contributed by atoms with Crippen LogP contribution in [0.1, 0.15) is 41.5 Å². The molecule has 0 radical (unpaired) electrons. The molecule has 2 nitrogen and oxygen atoms in total. The molecule has 0 aromatic rings. The molecule has 0 bridgehead atoms. The largest absolute Gasteiger partial charge is 0.263 e. The second-order valence-electron chi connectivity index (χ2n) is 3.80. The molecule has 2 N–H and O–H groups in total. The van der Waals surface area contributed by atoms with Gasteiger partial charge in [-0.3, -0.25) is 10.4 Å². The zero-order valence-electron chi connectivity index (χ0n) is 13.3. The highest BCUT2D eigenvalue weighted by Crippen LogP contribution is 2.17. The van der Waals surface area contributed by atoms with Gasteiger partial charge in [0.1, 0.15) is 0 Å². The maximum absolute atomic E-state index is 5.46. The number of aliphatic imine (C=N–C) groups is 1. The van der Waals surface area contributed by atoms with E-state index in [9.17, 15) is 0 Å². The second-order valence-corrected chi connectivity index (χ2v) is 4.72. The first-order valence-electron chi connectivity index (χ1n) is 6.65. The molecule has 112 valence electrons. The van der Waals surface area contributed by atoms with Crippen molar-refractivity contribution in [2.24, 2.45) is 4.99 Å². The number of rotatable bonds is 5. The minimum atomic E-state index is 0.726. The molecule has 0 unspecified atom stereocenters. The van der Waals surface area contributed by atoms with Gasteiger partial charge >= 0.3 is 0 Å². The van der Waals surface area contributed by atoms with E-state index >= 15 is 0 Å². The summed E-state index contributed by atoms with van der Waals surface area (Å²) < 4.78 is 0. The third kappa shape index (κ3) is 8.23. The lowest BCUT2D eigenvalue weighted by Crippen LogP contribution is -2.30. The number of allylic oxidation sites excluding steroid dienone is 5. The monoisotopic (exact) mass is 311 g/mol. The molecule has 0 atom stereocenters. The summed E-state index contributed by atoms with van der Waals surface area (Å²) in [5.41, 5.74) is 2.98. The number of thiol groups is 2. The Labute approximate surface area is 134 Å². The molecule has 4 heteroatoms. The van der Waals surface area contributed by atoms with Gasteiger partial charge in [0, 0.05) is 33.4 Å². The van der Waals surface area contributed by atoms with Gasteiger partial charge in [-0.1, -0.05) is 31.6 Å². The maximum atomic E-state index is 5.46. The lowest BCUT2D eigenvalue weighted by Gasteiger charge is -2.02. The highest BCUT2D eigenvalue weighted by atomic mass is 32.1.